The van der Waals surface area contributed by atoms with Gasteiger partial charge in [0.1, 0.15) is 0 Å². The van der Waals surface area contributed by atoms with Crippen LogP contribution in [-0.2, 0) is 0 Å². The zero-order chi connectivity index (χ0) is 11.8. The Morgan fingerprint density at radius 1 is 1.18 bits per heavy atom. The average Bonchev–Trinajstić information content (AvgIpc) is 3.13. The van der Waals surface area contributed by atoms with Crippen molar-refractivity contribution in [2.75, 3.05) is 33.2 Å². The highest BCUT2D eigenvalue weighted by Gasteiger charge is 2.36. The van der Waals surface area contributed by atoms with Crippen molar-refractivity contribution in [1.29, 1.82) is 0 Å². The molecule has 1 aliphatic carbocycles. The zero-order valence-corrected chi connectivity index (χ0v) is 11.1. The number of nitrogens with zero attached hydrogens (tertiary/aromatic N) is 2. The van der Waals surface area contributed by atoms with Crippen molar-refractivity contribution in [1.82, 2.24) is 9.80 Å². The molecule has 3 heteroatoms. The third kappa shape index (κ3) is 2.67. The number of likely N-dealkylation sites (tertiary alicyclic amines) is 2. The molecule has 3 aliphatic rings. The van der Waals surface area contributed by atoms with Gasteiger partial charge in [-0.1, -0.05) is 0 Å². The van der Waals surface area contributed by atoms with Gasteiger partial charge >= 0.3 is 0 Å². The van der Waals surface area contributed by atoms with E-state index in [1.54, 1.807) is 0 Å². The van der Waals surface area contributed by atoms with Crippen LogP contribution in [0.25, 0.3) is 0 Å². The van der Waals surface area contributed by atoms with E-state index in [4.69, 9.17) is 5.73 Å². The first kappa shape index (κ1) is 11.9. The van der Waals surface area contributed by atoms with Crippen LogP contribution in [0.3, 0.4) is 0 Å². The summed E-state index contributed by atoms with van der Waals surface area (Å²) >= 11 is 0. The molecule has 0 bridgehead atoms. The maximum atomic E-state index is 6.25. The SMILES string of the molecule is CN1CCCC2CN(CC(N)C3CC3)CCC21. The lowest BCUT2D eigenvalue weighted by Crippen LogP contribution is -2.54. The fourth-order valence-electron chi connectivity index (χ4n) is 3.87. The Bertz CT molecular complexity index is 264. The van der Waals surface area contributed by atoms with Gasteiger partial charge in [0.15, 0.2) is 0 Å². The van der Waals surface area contributed by atoms with Crippen molar-refractivity contribution in [2.45, 2.75) is 44.2 Å². The van der Waals surface area contributed by atoms with Gasteiger partial charge in [0.05, 0.1) is 0 Å². The predicted molar refractivity (Wildman–Crippen MR) is 70.9 cm³/mol. The summed E-state index contributed by atoms with van der Waals surface area (Å²) < 4.78 is 0. The van der Waals surface area contributed by atoms with Crippen molar-refractivity contribution in [3.05, 3.63) is 0 Å². The van der Waals surface area contributed by atoms with Gasteiger partial charge < -0.3 is 15.5 Å². The normalized spacial score (nSPS) is 37.8. The van der Waals surface area contributed by atoms with E-state index < -0.39 is 0 Å². The molecule has 0 aromatic carbocycles. The fraction of sp³-hybridized carbons (Fsp3) is 1.00. The Kier molecular flexibility index (Phi) is 3.42. The highest BCUT2D eigenvalue weighted by Crippen LogP contribution is 2.33. The second kappa shape index (κ2) is 4.87. The third-order valence-electron chi connectivity index (χ3n) is 5.13. The summed E-state index contributed by atoms with van der Waals surface area (Å²) in [7, 11) is 2.31. The summed E-state index contributed by atoms with van der Waals surface area (Å²) in [5.74, 6) is 1.76. The monoisotopic (exact) mass is 237 g/mol. The summed E-state index contributed by atoms with van der Waals surface area (Å²) in [5, 5.41) is 0. The van der Waals surface area contributed by atoms with Gasteiger partial charge in [-0.3, -0.25) is 0 Å². The molecule has 0 aromatic rings. The smallest absolute Gasteiger partial charge is 0.0196 e. The molecule has 2 aliphatic heterocycles. The number of piperidine rings is 2. The average molecular weight is 237 g/mol. The molecule has 3 nitrogen and oxygen atoms in total. The van der Waals surface area contributed by atoms with Crippen molar-refractivity contribution in [3.63, 3.8) is 0 Å². The van der Waals surface area contributed by atoms with Gasteiger partial charge in [0, 0.05) is 25.2 Å². The maximum Gasteiger partial charge on any atom is 0.0196 e. The molecule has 3 fully saturated rings. The molecular formula is C14H27N3. The van der Waals surface area contributed by atoms with Gasteiger partial charge in [0.25, 0.3) is 0 Å². The van der Waals surface area contributed by atoms with E-state index in [0.717, 1.165) is 24.4 Å². The van der Waals surface area contributed by atoms with Crippen LogP contribution in [0.15, 0.2) is 0 Å². The van der Waals surface area contributed by atoms with E-state index in [2.05, 4.69) is 16.8 Å². The van der Waals surface area contributed by atoms with Gasteiger partial charge in [-0.15, -0.1) is 0 Å². The molecule has 3 atom stereocenters. The molecule has 0 radical (unpaired) electrons. The molecule has 98 valence electrons. The van der Waals surface area contributed by atoms with Crippen molar-refractivity contribution in [2.24, 2.45) is 17.6 Å². The van der Waals surface area contributed by atoms with E-state index >= 15 is 0 Å². The van der Waals surface area contributed by atoms with Crippen LogP contribution in [0.1, 0.15) is 32.1 Å². The molecule has 1 saturated carbocycles. The van der Waals surface area contributed by atoms with E-state index in [1.807, 2.05) is 0 Å². The zero-order valence-electron chi connectivity index (χ0n) is 11.1. The fourth-order valence-corrected chi connectivity index (χ4v) is 3.87. The van der Waals surface area contributed by atoms with Crippen molar-refractivity contribution >= 4 is 0 Å². The van der Waals surface area contributed by atoms with E-state index in [9.17, 15) is 0 Å². The van der Waals surface area contributed by atoms with Crippen molar-refractivity contribution < 1.29 is 0 Å². The van der Waals surface area contributed by atoms with Crippen LogP contribution < -0.4 is 5.73 Å². The van der Waals surface area contributed by atoms with Crippen molar-refractivity contribution in [3.8, 4) is 0 Å². The predicted octanol–water partition coefficient (Wildman–Crippen LogP) is 1.14. The summed E-state index contributed by atoms with van der Waals surface area (Å²) in [4.78, 5) is 5.23. The van der Waals surface area contributed by atoms with Gasteiger partial charge in [-0.2, -0.15) is 0 Å². The third-order valence-corrected chi connectivity index (χ3v) is 5.13. The lowest BCUT2D eigenvalue weighted by molar-refractivity contribution is 0.0356. The first-order valence-electron chi connectivity index (χ1n) is 7.42. The van der Waals surface area contributed by atoms with Crippen LogP contribution >= 0.6 is 0 Å². The Labute approximate surface area is 105 Å². The summed E-state index contributed by atoms with van der Waals surface area (Å²) in [6, 6.07) is 1.31. The highest BCUT2D eigenvalue weighted by atomic mass is 15.2. The molecule has 0 amide bonds. The molecule has 0 aromatic heterocycles. The molecule has 3 unspecified atom stereocenters. The number of rotatable bonds is 3. The Morgan fingerprint density at radius 2 is 2.00 bits per heavy atom. The van der Waals surface area contributed by atoms with Gasteiger partial charge in [-0.25, -0.2) is 0 Å². The first-order valence-corrected chi connectivity index (χ1v) is 7.42. The molecule has 17 heavy (non-hydrogen) atoms. The Balaban J connectivity index is 1.52. The quantitative estimate of drug-likeness (QED) is 0.799. The lowest BCUT2D eigenvalue weighted by atomic mass is 9.84. The minimum Gasteiger partial charge on any atom is -0.326 e. The van der Waals surface area contributed by atoms with Crippen LogP contribution in [0.2, 0.25) is 0 Å². The molecule has 2 heterocycles. The largest absolute Gasteiger partial charge is 0.326 e. The van der Waals surface area contributed by atoms with E-state index in [0.29, 0.717) is 6.04 Å². The lowest BCUT2D eigenvalue weighted by Gasteiger charge is -2.46. The van der Waals surface area contributed by atoms with Gasteiger partial charge in [-0.05, 0) is 64.1 Å². The summed E-state index contributed by atoms with van der Waals surface area (Å²) in [6.07, 6.45) is 6.94. The van der Waals surface area contributed by atoms with Crippen LogP contribution in [0.4, 0.5) is 0 Å². The Hall–Kier alpha value is -0.120. The second-order valence-electron chi connectivity index (χ2n) is 6.50. The maximum absolute atomic E-state index is 6.25. The number of hydrogen-bond acceptors (Lipinski definition) is 3. The number of hydrogen-bond donors (Lipinski definition) is 1. The standard InChI is InChI=1S/C14H27N3/c1-16-7-2-3-12-9-17(8-6-14(12)16)10-13(15)11-4-5-11/h11-14H,2-10,15H2,1H3. The number of nitrogens with two attached hydrogens (primary N) is 1. The molecule has 3 rings (SSSR count). The Morgan fingerprint density at radius 3 is 2.76 bits per heavy atom. The molecule has 2 N–H and O–H groups in total. The molecule has 2 saturated heterocycles. The van der Waals surface area contributed by atoms with E-state index in [1.165, 1.54) is 51.7 Å². The summed E-state index contributed by atoms with van der Waals surface area (Å²) in [5.41, 5.74) is 6.25. The minimum absolute atomic E-state index is 0.452. The highest BCUT2D eigenvalue weighted by molar-refractivity contribution is 4.92. The first-order chi connectivity index (χ1) is 8.24. The van der Waals surface area contributed by atoms with Crippen LogP contribution in [-0.4, -0.2) is 55.1 Å². The minimum atomic E-state index is 0.452. The topological polar surface area (TPSA) is 32.5 Å². The van der Waals surface area contributed by atoms with E-state index in [-0.39, 0.29) is 0 Å². The second-order valence-corrected chi connectivity index (χ2v) is 6.50. The van der Waals surface area contributed by atoms with Crippen LogP contribution in [0, 0.1) is 11.8 Å². The molecule has 0 spiro atoms. The molecular weight excluding hydrogens is 210 g/mol. The number of fused-ring (bicyclic) bond motifs is 1. The summed E-state index contributed by atoms with van der Waals surface area (Å²) in [6.45, 7) is 5.03. The van der Waals surface area contributed by atoms with Gasteiger partial charge in [0.2, 0.25) is 0 Å². The van der Waals surface area contributed by atoms with Crippen LogP contribution in [0.5, 0.6) is 0 Å².